The van der Waals surface area contributed by atoms with Crippen molar-refractivity contribution < 1.29 is 24.2 Å². The molecule has 2 aromatic rings. The molecule has 0 spiro atoms. The highest BCUT2D eigenvalue weighted by Gasteiger charge is 2.66. The fraction of sp³-hybridized carbons (Fsp3) is 0.464. The van der Waals surface area contributed by atoms with Gasteiger partial charge >= 0.3 is 12.1 Å². The molecule has 182 valence electrons. The van der Waals surface area contributed by atoms with E-state index in [-0.39, 0.29) is 36.8 Å². The quantitative estimate of drug-likeness (QED) is 0.558. The average Bonchev–Trinajstić information content (AvgIpc) is 3.24. The first-order valence-corrected chi connectivity index (χ1v) is 12.6. The highest BCUT2D eigenvalue weighted by atomic mass is 16.5. The Balaban J connectivity index is 1.05. The number of carboxylic acid groups (broad SMARTS) is 1. The monoisotopic (exact) mass is 474 g/mol. The lowest BCUT2D eigenvalue weighted by Gasteiger charge is -2.42. The number of carbonyl (C=O) groups excluding carboxylic acids is 2. The number of rotatable bonds is 7. The van der Waals surface area contributed by atoms with Gasteiger partial charge in [0.25, 0.3) is 0 Å². The summed E-state index contributed by atoms with van der Waals surface area (Å²) in [6.07, 6.45) is 4.04. The van der Waals surface area contributed by atoms with Gasteiger partial charge < -0.3 is 20.5 Å². The van der Waals surface area contributed by atoms with Crippen molar-refractivity contribution in [1.29, 1.82) is 0 Å². The first-order chi connectivity index (χ1) is 16.9. The first-order valence-electron chi connectivity index (χ1n) is 12.6. The Morgan fingerprint density at radius 1 is 0.971 bits per heavy atom. The Morgan fingerprint density at radius 3 is 2.23 bits per heavy atom. The van der Waals surface area contributed by atoms with Crippen molar-refractivity contribution >= 4 is 18.0 Å². The minimum atomic E-state index is -0.879. The zero-order valence-electron chi connectivity index (χ0n) is 19.6. The summed E-state index contributed by atoms with van der Waals surface area (Å²) in [5.41, 5.74) is 3.66. The van der Waals surface area contributed by atoms with Crippen LogP contribution in [0.2, 0.25) is 0 Å². The van der Waals surface area contributed by atoms with E-state index in [1.54, 1.807) is 0 Å². The van der Waals surface area contributed by atoms with Gasteiger partial charge in [-0.25, -0.2) is 4.79 Å². The number of hydrogen-bond acceptors (Lipinski definition) is 4. The molecule has 0 radical (unpaired) electrons. The molecule has 0 unspecified atom stereocenters. The van der Waals surface area contributed by atoms with Gasteiger partial charge in [-0.3, -0.25) is 9.59 Å². The predicted molar refractivity (Wildman–Crippen MR) is 129 cm³/mol. The lowest BCUT2D eigenvalue weighted by molar-refractivity contribution is -0.141. The van der Waals surface area contributed by atoms with Gasteiger partial charge in [0.1, 0.15) is 6.61 Å². The fourth-order valence-electron chi connectivity index (χ4n) is 6.70. The Hall–Kier alpha value is -3.35. The summed E-state index contributed by atoms with van der Waals surface area (Å²) in [6.45, 7) is 0.263. The normalized spacial score (nSPS) is 27.1. The molecule has 2 amide bonds. The third kappa shape index (κ3) is 3.77. The largest absolute Gasteiger partial charge is 0.481 e. The van der Waals surface area contributed by atoms with E-state index in [4.69, 9.17) is 4.74 Å². The van der Waals surface area contributed by atoms with Gasteiger partial charge in [0.05, 0.1) is 17.4 Å². The number of amides is 2. The second-order valence-electron chi connectivity index (χ2n) is 10.8. The lowest BCUT2D eigenvalue weighted by atomic mass is 9.74. The molecule has 4 aliphatic rings. The lowest BCUT2D eigenvalue weighted by Crippen LogP contribution is -2.56. The van der Waals surface area contributed by atoms with E-state index in [9.17, 15) is 19.5 Å². The molecule has 0 aromatic heterocycles. The summed E-state index contributed by atoms with van der Waals surface area (Å²) in [4.78, 5) is 37.1. The van der Waals surface area contributed by atoms with Crippen LogP contribution in [0.4, 0.5) is 4.79 Å². The van der Waals surface area contributed by atoms with Gasteiger partial charge in [-0.1, -0.05) is 48.5 Å². The molecule has 2 aromatic carbocycles. The molecule has 3 saturated carbocycles. The minimum absolute atomic E-state index is 0.00940. The van der Waals surface area contributed by atoms with Crippen LogP contribution in [0.5, 0.6) is 0 Å². The Labute approximate surface area is 204 Å². The van der Waals surface area contributed by atoms with Crippen molar-refractivity contribution in [3.63, 3.8) is 0 Å². The van der Waals surface area contributed by atoms with Crippen LogP contribution < -0.4 is 10.6 Å². The molecule has 35 heavy (non-hydrogen) atoms. The van der Waals surface area contributed by atoms with Crippen LogP contribution in [0.3, 0.4) is 0 Å². The maximum atomic E-state index is 13.1. The molecule has 3 fully saturated rings. The van der Waals surface area contributed by atoms with E-state index >= 15 is 0 Å². The van der Waals surface area contributed by atoms with Crippen molar-refractivity contribution in [2.75, 3.05) is 6.61 Å². The number of fused-ring (bicyclic) bond motifs is 4. The topological polar surface area (TPSA) is 105 Å². The van der Waals surface area contributed by atoms with Crippen molar-refractivity contribution in [3.05, 3.63) is 59.7 Å². The van der Waals surface area contributed by atoms with Crippen molar-refractivity contribution in [1.82, 2.24) is 10.6 Å². The van der Waals surface area contributed by atoms with E-state index in [0.717, 1.165) is 19.3 Å². The highest BCUT2D eigenvalue weighted by Crippen LogP contribution is 2.64. The zero-order valence-corrected chi connectivity index (χ0v) is 19.6. The number of carbonyl (C=O) groups is 3. The van der Waals surface area contributed by atoms with Crippen LogP contribution in [-0.2, 0) is 14.3 Å². The van der Waals surface area contributed by atoms with Crippen LogP contribution in [0.1, 0.15) is 62.0 Å². The maximum Gasteiger partial charge on any atom is 0.407 e. The van der Waals surface area contributed by atoms with Crippen LogP contribution in [0.15, 0.2) is 48.5 Å². The summed E-state index contributed by atoms with van der Waals surface area (Å²) in [7, 11) is 0. The molecule has 6 rings (SSSR count). The number of ether oxygens (including phenoxy) is 1. The van der Waals surface area contributed by atoms with E-state index in [0.29, 0.717) is 19.3 Å². The van der Waals surface area contributed by atoms with Crippen LogP contribution in [0.25, 0.3) is 11.1 Å². The smallest absolute Gasteiger partial charge is 0.407 e. The summed E-state index contributed by atoms with van der Waals surface area (Å²) >= 11 is 0. The number of alkyl carbamates (subject to hydrolysis) is 1. The van der Waals surface area contributed by atoms with Gasteiger partial charge in [-0.05, 0) is 66.7 Å². The van der Waals surface area contributed by atoms with Gasteiger partial charge in [-0.15, -0.1) is 0 Å². The highest BCUT2D eigenvalue weighted by molar-refractivity contribution is 5.88. The van der Waals surface area contributed by atoms with E-state index in [1.807, 2.05) is 24.3 Å². The Bertz CT molecular complexity index is 1160. The van der Waals surface area contributed by atoms with Crippen molar-refractivity contribution in [2.45, 2.75) is 62.4 Å². The standard InChI is InChI=1S/C28H30N2O5/c31-24(32)15-27(10-5-11-27)30-25(33)28-13-17(28)12-18(14-28)29-26(34)35-16-23-21-8-3-1-6-19(21)20-7-2-4-9-22(20)23/h1-4,6-9,17-18,23H,5,10-16H2,(H,29,34)(H,30,33)(H,31,32)/t17-,18+,28+/m0/s1. The van der Waals surface area contributed by atoms with E-state index in [2.05, 4.69) is 34.9 Å². The van der Waals surface area contributed by atoms with Gasteiger partial charge in [0, 0.05) is 12.0 Å². The molecule has 0 aliphatic heterocycles. The summed E-state index contributed by atoms with van der Waals surface area (Å²) in [5, 5.41) is 15.3. The molecule has 0 bridgehead atoms. The molecule has 0 heterocycles. The predicted octanol–water partition coefficient (Wildman–Crippen LogP) is 4.21. The number of aliphatic carboxylic acids is 1. The van der Waals surface area contributed by atoms with Crippen LogP contribution >= 0.6 is 0 Å². The van der Waals surface area contributed by atoms with Crippen molar-refractivity contribution in [2.24, 2.45) is 11.3 Å². The first kappa shape index (κ1) is 22.1. The molecular weight excluding hydrogens is 444 g/mol. The van der Waals surface area contributed by atoms with Crippen LogP contribution in [0, 0.1) is 11.3 Å². The van der Waals surface area contributed by atoms with E-state index in [1.165, 1.54) is 22.3 Å². The number of carboxylic acids is 1. The molecule has 7 nitrogen and oxygen atoms in total. The SMILES string of the molecule is O=C(O)CC1(NC(=O)[C@]23C[C@H](NC(=O)OCC4c5ccccc5-c5ccccc54)C[C@H]2C3)CCC1. The molecule has 0 saturated heterocycles. The number of benzene rings is 2. The van der Waals surface area contributed by atoms with Crippen LogP contribution in [-0.4, -0.2) is 41.3 Å². The maximum absolute atomic E-state index is 13.1. The second-order valence-corrected chi connectivity index (χ2v) is 10.8. The zero-order chi connectivity index (χ0) is 24.2. The Kier molecular flexibility index (Phi) is 5.13. The molecule has 7 heteroatoms. The average molecular weight is 475 g/mol. The third-order valence-corrected chi connectivity index (χ3v) is 8.71. The fourth-order valence-corrected chi connectivity index (χ4v) is 6.70. The third-order valence-electron chi connectivity index (χ3n) is 8.71. The van der Waals surface area contributed by atoms with E-state index < -0.39 is 23.0 Å². The van der Waals surface area contributed by atoms with Gasteiger partial charge in [0.15, 0.2) is 0 Å². The second kappa shape index (κ2) is 8.11. The summed E-state index contributed by atoms with van der Waals surface area (Å²) in [5.74, 6) is -0.671. The van der Waals surface area contributed by atoms with Crippen molar-refractivity contribution in [3.8, 4) is 11.1 Å². The summed E-state index contributed by atoms with van der Waals surface area (Å²) < 4.78 is 5.68. The molecule has 3 atom stereocenters. The minimum Gasteiger partial charge on any atom is -0.481 e. The molecule has 4 aliphatic carbocycles. The van der Waals surface area contributed by atoms with Gasteiger partial charge in [0.2, 0.25) is 5.91 Å². The molecule has 3 N–H and O–H groups in total. The Morgan fingerprint density at radius 2 is 1.63 bits per heavy atom. The number of nitrogens with one attached hydrogen (secondary N) is 2. The number of hydrogen-bond donors (Lipinski definition) is 3. The van der Waals surface area contributed by atoms with Gasteiger partial charge in [-0.2, -0.15) is 0 Å². The summed E-state index contributed by atoms with van der Waals surface area (Å²) in [6, 6.07) is 16.4. The molecular formula is C28H30N2O5.